The molecule has 0 aliphatic carbocycles. The molecule has 0 unspecified atom stereocenters. The van der Waals surface area contributed by atoms with Crippen molar-refractivity contribution < 1.29 is 23.1 Å². The molecule has 0 radical (unpaired) electrons. The molecule has 4 nitrogen and oxygen atoms in total. The molecule has 1 aromatic rings. The molecule has 1 aromatic carbocycles. The lowest BCUT2D eigenvalue weighted by Gasteiger charge is -2.33. The Bertz CT molecular complexity index is 566. The Hall–Kier alpha value is -1.76. The fourth-order valence-electron chi connectivity index (χ4n) is 2.31. The molecule has 0 atom stereocenters. The molecule has 7 heteroatoms. The van der Waals surface area contributed by atoms with E-state index < -0.39 is 23.4 Å². The van der Waals surface area contributed by atoms with Crippen LogP contribution in [0, 0.1) is 0 Å². The van der Waals surface area contributed by atoms with Crippen LogP contribution in [-0.2, 0) is 19.3 Å². The number of rotatable bonds is 6. The van der Waals surface area contributed by atoms with Gasteiger partial charge in [-0.3, -0.25) is 4.90 Å². The lowest BCUT2D eigenvalue weighted by molar-refractivity contribution is -0.138. The highest BCUT2D eigenvalue weighted by atomic mass is 19.4. The zero-order chi connectivity index (χ0) is 18.5. The van der Waals surface area contributed by atoms with E-state index in [4.69, 9.17) is 0 Å². The highest BCUT2D eigenvalue weighted by Gasteiger charge is 2.34. The molecule has 0 aliphatic rings. The van der Waals surface area contributed by atoms with Crippen LogP contribution >= 0.6 is 0 Å². The second-order valence-electron chi connectivity index (χ2n) is 6.71. The standard InChI is InChI=1S/C17H25F3N2O2/c1-5-8-21-10-13-7-6-12(9-14(13)17(18,19)20)11-22(15(23)24)16(2,3)4/h6-7,9,21H,5,8,10-11H2,1-4H3,(H,23,24). The number of carbonyl (C=O) groups is 1. The van der Waals surface area contributed by atoms with E-state index in [1.165, 1.54) is 6.07 Å². The van der Waals surface area contributed by atoms with E-state index in [-0.39, 0.29) is 18.7 Å². The van der Waals surface area contributed by atoms with Crippen molar-refractivity contribution >= 4 is 6.09 Å². The van der Waals surface area contributed by atoms with Crippen molar-refractivity contribution in [3.63, 3.8) is 0 Å². The van der Waals surface area contributed by atoms with Gasteiger partial charge < -0.3 is 10.4 Å². The number of alkyl halides is 3. The van der Waals surface area contributed by atoms with Gasteiger partial charge >= 0.3 is 12.3 Å². The van der Waals surface area contributed by atoms with Crippen molar-refractivity contribution in [2.75, 3.05) is 6.54 Å². The zero-order valence-electron chi connectivity index (χ0n) is 14.5. The van der Waals surface area contributed by atoms with E-state index in [0.29, 0.717) is 12.1 Å². The molecule has 0 bridgehead atoms. The minimum absolute atomic E-state index is 0.0927. The third kappa shape index (κ3) is 5.70. The molecule has 1 amide bonds. The van der Waals surface area contributed by atoms with Gasteiger partial charge in [0.15, 0.2) is 0 Å². The highest BCUT2D eigenvalue weighted by Crippen LogP contribution is 2.33. The van der Waals surface area contributed by atoms with Crippen LogP contribution in [0.3, 0.4) is 0 Å². The first-order valence-electron chi connectivity index (χ1n) is 7.87. The van der Waals surface area contributed by atoms with Gasteiger partial charge in [-0.25, -0.2) is 4.79 Å². The SMILES string of the molecule is CCCNCc1ccc(CN(C(=O)O)C(C)(C)C)cc1C(F)(F)F. The number of benzene rings is 1. The van der Waals surface area contributed by atoms with Crippen molar-refractivity contribution in [2.45, 2.75) is 58.9 Å². The van der Waals surface area contributed by atoms with Gasteiger partial charge in [-0.2, -0.15) is 13.2 Å². The van der Waals surface area contributed by atoms with Crippen molar-refractivity contribution in [2.24, 2.45) is 0 Å². The third-order valence-corrected chi connectivity index (χ3v) is 3.60. The van der Waals surface area contributed by atoms with Gasteiger partial charge in [-0.1, -0.05) is 19.1 Å². The predicted molar refractivity (Wildman–Crippen MR) is 86.8 cm³/mol. The van der Waals surface area contributed by atoms with Gasteiger partial charge in [0.2, 0.25) is 0 Å². The summed E-state index contributed by atoms with van der Waals surface area (Å²) in [5.41, 5.74) is -0.940. The van der Waals surface area contributed by atoms with Crippen LogP contribution in [0.15, 0.2) is 18.2 Å². The predicted octanol–water partition coefficient (Wildman–Crippen LogP) is 4.48. The summed E-state index contributed by atoms with van der Waals surface area (Å²) in [4.78, 5) is 12.5. The topological polar surface area (TPSA) is 52.6 Å². The molecule has 0 fully saturated rings. The fourth-order valence-corrected chi connectivity index (χ4v) is 2.31. The number of halogens is 3. The molecule has 0 saturated heterocycles. The second-order valence-corrected chi connectivity index (χ2v) is 6.71. The van der Waals surface area contributed by atoms with E-state index in [1.54, 1.807) is 26.8 Å². The average Bonchev–Trinajstić information content (AvgIpc) is 2.43. The van der Waals surface area contributed by atoms with Gasteiger partial charge in [-0.05, 0) is 50.9 Å². The quantitative estimate of drug-likeness (QED) is 0.747. The summed E-state index contributed by atoms with van der Waals surface area (Å²) in [5, 5.41) is 12.3. The molecule has 0 aliphatic heterocycles. The van der Waals surface area contributed by atoms with Crippen molar-refractivity contribution in [1.29, 1.82) is 0 Å². The maximum absolute atomic E-state index is 13.3. The normalized spacial score (nSPS) is 12.3. The minimum atomic E-state index is -4.48. The van der Waals surface area contributed by atoms with Gasteiger partial charge in [0.05, 0.1) is 5.56 Å². The zero-order valence-corrected chi connectivity index (χ0v) is 14.5. The molecular weight excluding hydrogens is 321 g/mol. The molecule has 0 spiro atoms. The molecule has 0 aromatic heterocycles. The molecule has 0 saturated carbocycles. The lowest BCUT2D eigenvalue weighted by Crippen LogP contribution is -2.44. The Morgan fingerprint density at radius 3 is 2.33 bits per heavy atom. The Labute approximate surface area is 140 Å². The van der Waals surface area contributed by atoms with Gasteiger partial charge in [-0.15, -0.1) is 0 Å². The summed E-state index contributed by atoms with van der Waals surface area (Å²) in [5.74, 6) is 0. The summed E-state index contributed by atoms with van der Waals surface area (Å²) in [6.45, 7) is 7.72. The number of hydrogen-bond donors (Lipinski definition) is 2. The van der Waals surface area contributed by atoms with Gasteiger partial charge in [0.1, 0.15) is 0 Å². The lowest BCUT2D eigenvalue weighted by atomic mass is 10.0. The minimum Gasteiger partial charge on any atom is -0.465 e. The number of nitrogens with zero attached hydrogens (tertiary/aromatic N) is 1. The third-order valence-electron chi connectivity index (χ3n) is 3.60. The summed E-state index contributed by atoms with van der Waals surface area (Å²) < 4.78 is 39.9. The smallest absolute Gasteiger partial charge is 0.416 e. The van der Waals surface area contributed by atoms with Gasteiger partial charge in [0, 0.05) is 18.6 Å². The fraction of sp³-hybridized carbons (Fsp3) is 0.588. The van der Waals surface area contributed by atoms with E-state index >= 15 is 0 Å². The number of nitrogens with one attached hydrogen (secondary N) is 1. The number of hydrogen-bond acceptors (Lipinski definition) is 2. The molecule has 136 valence electrons. The first kappa shape index (κ1) is 20.3. The summed E-state index contributed by atoms with van der Waals surface area (Å²) in [7, 11) is 0. The number of amides is 1. The van der Waals surface area contributed by atoms with Gasteiger partial charge in [0.25, 0.3) is 0 Å². The molecule has 2 N–H and O–H groups in total. The largest absolute Gasteiger partial charge is 0.465 e. The van der Waals surface area contributed by atoms with Crippen LogP contribution in [0.25, 0.3) is 0 Å². The summed E-state index contributed by atoms with van der Waals surface area (Å²) in [6.07, 6.45) is -4.81. The Morgan fingerprint density at radius 2 is 1.88 bits per heavy atom. The van der Waals surface area contributed by atoms with Crippen LogP contribution in [0.5, 0.6) is 0 Å². The van der Waals surface area contributed by atoms with Crippen molar-refractivity contribution in [3.05, 3.63) is 34.9 Å². The molecule has 24 heavy (non-hydrogen) atoms. The van der Waals surface area contributed by atoms with Crippen LogP contribution < -0.4 is 5.32 Å². The highest BCUT2D eigenvalue weighted by molar-refractivity contribution is 5.66. The average molecular weight is 346 g/mol. The Balaban J connectivity index is 3.12. The summed E-state index contributed by atoms with van der Waals surface area (Å²) >= 11 is 0. The van der Waals surface area contributed by atoms with Crippen LogP contribution in [0.2, 0.25) is 0 Å². The first-order chi connectivity index (χ1) is 11.0. The van der Waals surface area contributed by atoms with Crippen LogP contribution in [0.1, 0.15) is 50.8 Å². The van der Waals surface area contributed by atoms with Crippen molar-refractivity contribution in [3.8, 4) is 0 Å². The molecule has 0 heterocycles. The monoisotopic (exact) mass is 346 g/mol. The van der Waals surface area contributed by atoms with E-state index in [1.807, 2.05) is 6.92 Å². The second kappa shape index (κ2) is 7.88. The molecular formula is C17H25F3N2O2. The Morgan fingerprint density at radius 1 is 1.25 bits per heavy atom. The van der Waals surface area contributed by atoms with E-state index in [9.17, 15) is 23.1 Å². The number of carboxylic acid groups (broad SMARTS) is 1. The maximum Gasteiger partial charge on any atom is 0.416 e. The van der Waals surface area contributed by atoms with Crippen LogP contribution in [0.4, 0.5) is 18.0 Å². The maximum atomic E-state index is 13.3. The van der Waals surface area contributed by atoms with Crippen molar-refractivity contribution in [1.82, 2.24) is 10.2 Å². The Kier molecular flexibility index (Phi) is 6.66. The molecule has 1 rings (SSSR count). The van der Waals surface area contributed by atoms with E-state index in [2.05, 4.69) is 5.32 Å². The summed E-state index contributed by atoms with van der Waals surface area (Å²) in [6, 6.07) is 4.02. The van der Waals surface area contributed by atoms with Crippen LogP contribution in [-0.4, -0.2) is 28.2 Å². The first-order valence-corrected chi connectivity index (χ1v) is 7.87. The van der Waals surface area contributed by atoms with E-state index in [0.717, 1.165) is 17.4 Å².